The molecule has 0 bridgehead atoms. The fraction of sp³-hybridized carbons (Fsp3) is 0.261. The molecule has 31 heavy (non-hydrogen) atoms. The molecule has 0 unspecified atom stereocenters. The lowest BCUT2D eigenvalue weighted by molar-refractivity contribution is 0.103. The van der Waals surface area contributed by atoms with E-state index in [0.29, 0.717) is 48.1 Å². The molecule has 0 saturated carbocycles. The molecule has 0 radical (unpaired) electrons. The molecular formula is C23H22F2N2O4. The van der Waals surface area contributed by atoms with Gasteiger partial charge in [0, 0.05) is 23.7 Å². The smallest absolute Gasteiger partial charge is 0.404 e. The molecule has 0 aliphatic rings. The van der Waals surface area contributed by atoms with Crippen molar-refractivity contribution in [2.75, 3.05) is 13.2 Å². The monoisotopic (exact) mass is 428 g/mol. The Kier molecular flexibility index (Phi) is 7.12. The average Bonchev–Trinajstić information content (AvgIpc) is 2.73. The van der Waals surface area contributed by atoms with Crippen molar-refractivity contribution < 1.29 is 28.2 Å². The number of pyridine rings is 1. The number of carbonyl (C=O) groups excluding carboxylic acids is 1. The zero-order valence-corrected chi connectivity index (χ0v) is 17.0. The number of ether oxygens (including phenoxy) is 1. The summed E-state index contributed by atoms with van der Waals surface area (Å²) in [7, 11) is 0. The number of rotatable bonds is 9. The maximum absolute atomic E-state index is 14.7. The number of hydrogen-bond donors (Lipinski definition) is 2. The van der Waals surface area contributed by atoms with E-state index in [1.165, 1.54) is 12.3 Å². The molecule has 1 amide bonds. The van der Waals surface area contributed by atoms with Crippen molar-refractivity contribution in [3.05, 3.63) is 70.9 Å². The third-order valence-corrected chi connectivity index (χ3v) is 4.79. The summed E-state index contributed by atoms with van der Waals surface area (Å²) in [6.45, 7) is 2.46. The Morgan fingerprint density at radius 1 is 1.10 bits per heavy atom. The van der Waals surface area contributed by atoms with Gasteiger partial charge in [0.15, 0.2) is 5.78 Å². The van der Waals surface area contributed by atoms with Gasteiger partial charge in [-0.05, 0) is 61.4 Å². The highest BCUT2D eigenvalue weighted by Gasteiger charge is 2.22. The predicted molar refractivity (Wildman–Crippen MR) is 112 cm³/mol. The van der Waals surface area contributed by atoms with Crippen molar-refractivity contribution in [3.63, 3.8) is 0 Å². The van der Waals surface area contributed by atoms with Gasteiger partial charge >= 0.3 is 6.09 Å². The Balaban J connectivity index is 1.85. The third-order valence-electron chi connectivity index (χ3n) is 4.79. The van der Waals surface area contributed by atoms with Crippen molar-refractivity contribution in [2.24, 2.45) is 0 Å². The van der Waals surface area contributed by atoms with Crippen LogP contribution < -0.4 is 10.1 Å². The zero-order chi connectivity index (χ0) is 22.4. The summed E-state index contributed by atoms with van der Waals surface area (Å²) in [4.78, 5) is 27.6. The number of nitrogens with one attached hydrogen (secondary N) is 1. The van der Waals surface area contributed by atoms with E-state index in [1.807, 2.05) is 6.92 Å². The van der Waals surface area contributed by atoms with Crippen LogP contribution in [0, 0.1) is 11.6 Å². The molecule has 6 nitrogen and oxygen atoms in total. The number of hydrogen-bond acceptors (Lipinski definition) is 4. The summed E-state index contributed by atoms with van der Waals surface area (Å²) in [5.74, 6) is -2.27. The lowest BCUT2D eigenvalue weighted by atomic mass is 9.95. The molecule has 0 spiro atoms. The Labute approximate surface area is 177 Å². The van der Waals surface area contributed by atoms with Gasteiger partial charge in [-0.1, -0.05) is 12.1 Å². The van der Waals surface area contributed by atoms with Crippen LogP contribution in [0.4, 0.5) is 13.6 Å². The summed E-state index contributed by atoms with van der Waals surface area (Å²) >= 11 is 0. The highest BCUT2D eigenvalue weighted by atomic mass is 19.1. The number of ketones is 1. The number of carbonyl (C=O) groups is 2. The van der Waals surface area contributed by atoms with Gasteiger partial charge in [-0.2, -0.15) is 0 Å². The number of benzene rings is 2. The van der Waals surface area contributed by atoms with E-state index in [2.05, 4.69) is 10.3 Å². The molecule has 8 heteroatoms. The molecular weight excluding hydrogens is 406 g/mol. The van der Waals surface area contributed by atoms with E-state index < -0.39 is 29.1 Å². The van der Waals surface area contributed by atoms with E-state index in [-0.39, 0.29) is 12.1 Å². The second-order valence-corrected chi connectivity index (χ2v) is 6.90. The van der Waals surface area contributed by atoms with Crippen molar-refractivity contribution in [1.82, 2.24) is 10.3 Å². The summed E-state index contributed by atoms with van der Waals surface area (Å²) < 4.78 is 35.0. The number of unbranched alkanes of at least 4 members (excludes halogenated alkanes) is 1. The summed E-state index contributed by atoms with van der Waals surface area (Å²) in [5.41, 5.74) is -0.0488. The number of aromatic nitrogens is 1. The number of nitrogens with zero attached hydrogens (tertiary/aromatic N) is 1. The molecule has 0 aliphatic heterocycles. The van der Waals surface area contributed by atoms with Gasteiger partial charge in [0.2, 0.25) is 5.88 Å². The van der Waals surface area contributed by atoms with Gasteiger partial charge < -0.3 is 15.2 Å². The second kappa shape index (κ2) is 9.97. The highest BCUT2D eigenvalue weighted by molar-refractivity contribution is 6.17. The minimum absolute atomic E-state index is 0.158. The first-order chi connectivity index (χ1) is 14.9. The van der Waals surface area contributed by atoms with E-state index in [0.717, 1.165) is 12.1 Å². The number of halogens is 2. The maximum atomic E-state index is 14.7. The van der Waals surface area contributed by atoms with Crippen LogP contribution >= 0.6 is 0 Å². The number of carboxylic acid groups (broad SMARTS) is 1. The van der Waals surface area contributed by atoms with Crippen LogP contribution in [0.1, 0.15) is 41.3 Å². The van der Waals surface area contributed by atoms with Crippen molar-refractivity contribution in [3.8, 4) is 5.88 Å². The SMILES string of the molecule is CCOc1nccc2c(C(=O)c3c(F)cc(CCCCNC(=O)O)cc3F)cccc12. The number of aryl methyl sites for hydroxylation is 1. The van der Waals surface area contributed by atoms with Crippen LogP contribution in [-0.4, -0.2) is 35.1 Å². The Morgan fingerprint density at radius 3 is 2.52 bits per heavy atom. The largest absolute Gasteiger partial charge is 0.478 e. The molecule has 3 aromatic rings. The molecule has 0 atom stereocenters. The summed E-state index contributed by atoms with van der Waals surface area (Å²) in [5, 5.41) is 11.9. The summed E-state index contributed by atoms with van der Waals surface area (Å²) in [6.07, 6.45) is 1.81. The van der Waals surface area contributed by atoms with Crippen molar-refractivity contribution >= 4 is 22.6 Å². The quantitative estimate of drug-likeness (QED) is 0.380. The van der Waals surface area contributed by atoms with Crippen LogP contribution in [0.5, 0.6) is 5.88 Å². The molecule has 3 rings (SSSR count). The molecule has 162 valence electrons. The maximum Gasteiger partial charge on any atom is 0.404 e. The lowest BCUT2D eigenvalue weighted by Gasteiger charge is -2.11. The van der Waals surface area contributed by atoms with E-state index >= 15 is 0 Å². The van der Waals surface area contributed by atoms with Crippen molar-refractivity contribution in [1.29, 1.82) is 0 Å². The Hall–Kier alpha value is -3.55. The van der Waals surface area contributed by atoms with Gasteiger partial charge in [0.25, 0.3) is 0 Å². The fourth-order valence-corrected chi connectivity index (χ4v) is 3.40. The van der Waals surface area contributed by atoms with E-state index in [9.17, 15) is 18.4 Å². The molecule has 0 fully saturated rings. The van der Waals surface area contributed by atoms with Crippen LogP contribution in [0.3, 0.4) is 0 Å². The van der Waals surface area contributed by atoms with E-state index in [1.54, 1.807) is 18.2 Å². The predicted octanol–water partition coefficient (Wildman–Crippen LogP) is 4.73. The summed E-state index contributed by atoms with van der Waals surface area (Å²) in [6, 6.07) is 8.79. The molecule has 2 N–H and O–H groups in total. The first-order valence-corrected chi connectivity index (χ1v) is 9.92. The first kappa shape index (κ1) is 22.1. The van der Waals surface area contributed by atoms with E-state index in [4.69, 9.17) is 9.84 Å². The van der Waals surface area contributed by atoms with Crippen LogP contribution in [0.15, 0.2) is 42.6 Å². The minimum atomic E-state index is -1.11. The molecule has 1 heterocycles. The number of amides is 1. The Bertz CT molecular complexity index is 1090. The first-order valence-electron chi connectivity index (χ1n) is 9.92. The standard InChI is InChI=1S/C23H22F2N2O4/c1-2-31-22-17-8-5-7-16(15(17)9-11-26-22)21(28)20-18(24)12-14(13-19(20)25)6-3-4-10-27-23(29)30/h5,7-9,11-13,27H,2-4,6,10H2,1H3,(H,29,30). The van der Waals surface area contributed by atoms with Crippen LogP contribution in [0.25, 0.3) is 10.8 Å². The normalized spacial score (nSPS) is 10.8. The van der Waals surface area contributed by atoms with Crippen LogP contribution in [-0.2, 0) is 6.42 Å². The highest BCUT2D eigenvalue weighted by Crippen LogP contribution is 2.29. The lowest BCUT2D eigenvalue weighted by Crippen LogP contribution is -2.21. The van der Waals surface area contributed by atoms with Gasteiger partial charge in [-0.25, -0.2) is 18.6 Å². The Morgan fingerprint density at radius 2 is 1.84 bits per heavy atom. The minimum Gasteiger partial charge on any atom is -0.478 e. The second-order valence-electron chi connectivity index (χ2n) is 6.90. The number of fused-ring (bicyclic) bond motifs is 1. The van der Waals surface area contributed by atoms with Gasteiger partial charge in [-0.15, -0.1) is 0 Å². The molecule has 0 saturated heterocycles. The van der Waals surface area contributed by atoms with Crippen LogP contribution in [0.2, 0.25) is 0 Å². The molecule has 0 aliphatic carbocycles. The fourth-order valence-electron chi connectivity index (χ4n) is 3.40. The molecule has 1 aromatic heterocycles. The molecule has 2 aromatic carbocycles. The van der Waals surface area contributed by atoms with Gasteiger partial charge in [-0.3, -0.25) is 4.79 Å². The third kappa shape index (κ3) is 5.14. The topological polar surface area (TPSA) is 88.5 Å². The van der Waals surface area contributed by atoms with Gasteiger partial charge in [0.1, 0.15) is 11.6 Å². The average molecular weight is 428 g/mol. The van der Waals surface area contributed by atoms with Crippen molar-refractivity contribution in [2.45, 2.75) is 26.2 Å². The van der Waals surface area contributed by atoms with Gasteiger partial charge in [0.05, 0.1) is 12.2 Å². The zero-order valence-electron chi connectivity index (χ0n) is 17.0.